The van der Waals surface area contributed by atoms with Crippen LogP contribution in [0.5, 0.6) is 0 Å². The van der Waals surface area contributed by atoms with Crippen molar-refractivity contribution in [3.05, 3.63) is 229 Å². The van der Waals surface area contributed by atoms with Crippen molar-refractivity contribution in [2.45, 2.75) is 0 Å². The molecular formula is C48H18Cl2N2. The van der Waals surface area contributed by atoms with Gasteiger partial charge in [0, 0.05) is 72.9 Å². The van der Waals surface area contributed by atoms with Crippen molar-refractivity contribution in [2.24, 2.45) is 0 Å². The zero-order chi connectivity index (χ0) is 38.5. The Labute approximate surface area is 320 Å². The first-order valence-electron chi connectivity index (χ1n) is 14.9. The SMILES string of the molecule is [CH]c1c(Cl)c([CH])c(-n2c3c([CH])c([CH])c([CH])c([CH])c3c3c([CH])c([CH])c([CH])c([CH])c32)c(Cl)c1-c1c([CH])c([CH])c([CH])c2c3c([CH])c([CH])c([CH])c([CH])c3n([CH])c12. The summed E-state index contributed by atoms with van der Waals surface area (Å²) < 4.78 is 2.60. The summed E-state index contributed by atoms with van der Waals surface area (Å²) in [6, 6.07) is 0. The molecule has 0 bridgehead atoms. The lowest BCUT2D eigenvalue weighted by Crippen LogP contribution is -2.07. The van der Waals surface area contributed by atoms with Gasteiger partial charge in [0.2, 0.25) is 0 Å². The minimum Gasteiger partial charge on any atom is -0.332 e. The van der Waals surface area contributed by atoms with Crippen LogP contribution in [0.25, 0.3) is 60.4 Å². The van der Waals surface area contributed by atoms with E-state index in [1.807, 2.05) is 0 Å². The van der Waals surface area contributed by atoms with E-state index in [0.29, 0.717) is 0 Å². The van der Waals surface area contributed by atoms with E-state index in [1.54, 1.807) is 0 Å². The van der Waals surface area contributed by atoms with Crippen molar-refractivity contribution in [3.8, 4) is 16.8 Å². The molecule has 0 saturated carbocycles. The van der Waals surface area contributed by atoms with E-state index in [9.17, 15) is 0 Å². The molecule has 5 aromatic carbocycles. The maximum absolute atomic E-state index is 7.41. The van der Waals surface area contributed by atoms with Gasteiger partial charge in [0.1, 0.15) is 0 Å². The number of nitrogens with zero attached hydrogens (tertiary/aromatic N) is 2. The molecule has 7 rings (SSSR count). The summed E-state index contributed by atoms with van der Waals surface area (Å²) in [6.07, 6.45) is 0. The molecule has 0 aliphatic carbocycles. The molecule has 4 heteroatoms. The van der Waals surface area contributed by atoms with Crippen molar-refractivity contribution in [1.82, 2.24) is 9.13 Å². The Morgan fingerprint density at radius 2 is 0.615 bits per heavy atom. The molecule has 52 heavy (non-hydrogen) atoms. The number of aromatic nitrogens is 2. The molecule has 0 spiro atoms. The van der Waals surface area contributed by atoms with Crippen molar-refractivity contribution >= 4 is 66.8 Å². The van der Waals surface area contributed by atoms with Crippen LogP contribution in [-0.4, -0.2) is 9.13 Å². The minimum atomic E-state index is -0.190. The smallest absolute Gasteiger partial charge is 0.0800 e. The number of benzene rings is 5. The highest BCUT2D eigenvalue weighted by Gasteiger charge is 2.32. The van der Waals surface area contributed by atoms with Gasteiger partial charge >= 0.3 is 0 Å². The summed E-state index contributed by atoms with van der Waals surface area (Å²) in [4.78, 5) is 0. The minimum absolute atomic E-state index is 0.00174. The molecule has 234 valence electrons. The maximum Gasteiger partial charge on any atom is 0.0800 e. The largest absolute Gasteiger partial charge is 0.332 e. The Morgan fingerprint density at radius 1 is 0.288 bits per heavy atom. The van der Waals surface area contributed by atoms with Gasteiger partial charge in [-0.3, -0.25) is 0 Å². The predicted molar refractivity (Wildman–Crippen MR) is 207 cm³/mol. The van der Waals surface area contributed by atoms with E-state index in [0.717, 1.165) is 4.57 Å². The van der Waals surface area contributed by atoms with E-state index < -0.39 is 0 Å². The zero-order valence-corrected chi connectivity index (χ0v) is 28.6. The Kier molecular flexibility index (Phi) is 8.38. The average molecular weight is 694 g/mol. The second-order valence-corrected chi connectivity index (χ2v) is 13.1. The molecule has 2 nitrogen and oxygen atoms in total. The monoisotopic (exact) mass is 692 g/mol. The summed E-state index contributed by atoms with van der Waals surface area (Å²) in [7, 11) is 6.75. The number of fused-ring (bicyclic) bond motifs is 6. The first kappa shape index (κ1) is 36.6. The fraction of sp³-hybridized carbons (Fsp3) is 0. The highest BCUT2D eigenvalue weighted by molar-refractivity contribution is 6.40. The van der Waals surface area contributed by atoms with Crippen LogP contribution in [0.4, 0.5) is 0 Å². The Hall–Kier alpha value is -3.72. The predicted octanol–water partition coefficient (Wildman–Crippen LogP) is 10.4. The number of rotatable bonds is 2. The van der Waals surface area contributed by atoms with Gasteiger partial charge < -0.3 is 9.13 Å². The Morgan fingerprint density at radius 3 is 1.04 bits per heavy atom. The van der Waals surface area contributed by atoms with Gasteiger partial charge in [-0.1, -0.05) is 23.2 Å². The van der Waals surface area contributed by atoms with Crippen LogP contribution in [-0.2, 0) is 0 Å². The molecule has 2 heterocycles. The van der Waals surface area contributed by atoms with Crippen LogP contribution in [0.15, 0.2) is 0 Å². The molecule has 0 unspecified atom stereocenters. The number of hydrogen-bond acceptors (Lipinski definition) is 0. The third kappa shape index (κ3) is 4.32. The van der Waals surface area contributed by atoms with E-state index in [1.165, 1.54) is 4.57 Å². The van der Waals surface area contributed by atoms with E-state index in [2.05, 4.69) is 0 Å². The van der Waals surface area contributed by atoms with Crippen LogP contribution >= 0.6 is 23.2 Å². The second kappa shape index (κ2) is 11.9. The summed E-state index contributed by atoms with van der Waals surface area (Å²) in [5.74, 6) is 0. The summed E-state index contributed by atoms with van der Waals surface area (Å²) in [5, 5.41) is 0.492. The lowest BCUT2D eigenvalue weighted by molar-refractivity contribution is 1.15. The molecule has 7 aromatic rings. The summed E-state index contributed by atoms with van der Waals surface area (Å²) >= 11 is 14.3. The van der Waals surface area contributed by atoms with Crippen molar-refractivity contribution in [2.75, 3.05) is 0 Å². The first-order valence-corrected chi connectivity index (χ1v) is 15.7. The van der Waals surface area contributed by atoms with Crippen LogP contribution in [0.2, 0.25) is 10.0 Å². The fourth-order valence-corrected chi connectivity index (χ4v) is 7.65. The van der Waals surface area contributed by atoms with Crippen molar-refractivity contribution < 1.29 is 0 Å². The summed E-state index contributed by atoms with van der Waals surface area (Å²) in [6.45, 7) is 110. The standard InChI is InChI=1S/C48H18Cl2N2/c1-19-22(4)31(13)44-38(26(19)8)41-30(12)25(7)29(11)37(48(41)51(44)18)36-34(16)42(49)35(17)47(43(36)50)52-45-32(14)23(5)20(2)27(9)39(45)40-28(10)21(3)24(6)33(15)46(40)52/h1-18H. The highest BCUT2D eigenvalue weighted by atomic mass is 35.5. The molecular weight excluding hydrogens is 675 g/mol. The van der Waals surface area contributed by atoms with E-state index in [-0.39, 0.29) is 165 Å². The lowest BCUT2D eigenvalue weighted by Gasteiger charge is -2.24. The quantitative estimate of drug-likeness (QED) is 0.171. The molecule has 0 aliphatic rings. The highest BCUT2D eigenvalue weighted by Crippen LogP contribution is 2.52. The third-order valence-electron chi connectivity index (χ3n) is 9.82. The van der Waals surface area contributed by atoms with E-state index >= 15 is 0 Å². The van der Waals surface area contributed by atoms with Crippen molar-refractivity contribution in [3.63, 3.8) is 0 Å². The first-order chi connectivity index (χ1) is 24.2. The van der Waals surface area contributed by atoms with Crippen LogP contribution in [0, 0.1) is 125 Å². The molecule has 0 amide bonds. The normalized spacial score (nSPS) is 12.2. The number of hydrogen-bond donors (Lipinski definition) is 0. The van der Waals surface area contributed by atoms with Crippen LogP contribution in [0.1, 0.15) is 94.6 Å². The van der Waals surface area contributed by atoms with Crippen LogP contribution < -0.4 is 0 Å². The molecule has 36 radical (unpaired) electrons. The van der Waals surface area contributed by atoms with Crippen molar-refractivity contribution in [1.29, 1.82) is 0 Å². The van der Waals surface area contributed by atoms with Gasteiger partial charge in [-0.25, -0.2) is 0 Å². The molecule has 0 N–H and O–H groups in total. The molecule has 2 aromatic heterocycles. The molecule has 0 fully saturated rings. The Bertz CT molecular complexity index is 2740. The third-order valence-corrected chi connectivity index (χ3v) is 10.6. The van der Waals surface area contributed by atoms with E-state index in [4.69, 9.17) is 148 Å². The topological polar surface area (TPSA) is 9.86 Å². The lowest BCUT2D eigenvalue weighted by atomic mass is 9.86. The van der Waals surface area contributed by atoms with Gasteiger partial charge in [0.05, 0.1) is 44.8 Å². The summed E-state index contributed by atoms with van der Waals surface area (Å²) in [5.41, 5.74) is -0.332. The zero-order valence-electron chi connectivity index (χ0n) is 27.0. The second-order valence-electron chi connectivity index (χ2n) is 12.4. The fourth-order valence-electron chi connectivity index (χ4n) is 7.08. The molecule has 0 atom stereocenters. The number of halogens is 2. The molecule has 0 aliphatic heterocycles. The van der Waals surface area contributed by atoms with Gasteiger partial charge in [0.15, 0.2) is 0 Å². The Balaban J connectivity index is 1.79. The molecule has 0 saturated heterocycles. The maximum atomic E-state index is 7.41. The van der Waals surface area contributed by atoms with Crippen LogP contribution in [0.3, 0.4) is 0 Å². The van der Waals surface area contributed by atoms with Gasteiger partial charge in [-0.15, -0.1) is 0 Å². The van der Waals surface area contributed by atoms with Gasteiger partial charge in [-0.2, -0.15) is 0 Å². The van der Waals surface area contributed by atoms with Gasteiger partial charge in [0.25, 0.3) is 0 Å². The average Bonchev–Trinajstić information content (AvgIpc) is 3.62. The van der Waals surface area contributed by atoms with Gasteiger partial charge in [-0.05, 0) is 172 Å².